The van der Waals surface area contributed by atoms with Crippen molar-refractivity contribution in [2.24, 2.45) is 10.7 Å². The number of aromatic nitrogens is 1. The molecule has 2 N–H and O–H groups in total. The highest BCUT2D eigenvalue weighted by molar-refractivity contribution is 6.09. The second-order valence-corrected chi connectivity index (χ2v) is 7.87. The Morgan fingerprint density at radius 2 is 1.77 bits per heavy atom. The third kappa shape index (κ3) is 3.36. The van der Waals surface area contributed by atoms with Gasteiger partial charge in [-0.15, -0.1) is 0 Å². The van der Waals surface area contributed by atoms with Crippen LogP contribution >= 0.6 is 0 Å². The average molecular weight is 420 g/mol. The summed E-state index contributed by atoms with van der Waals surface area (Å²) in [5.74, 6) is -1.22. The van der Waals surface area contributed by atoms with Gasteiger partial charge in [-0.05, 0) is 59.0 Å². The van der Waals surface area contributed by atoms with Crippen molar-refractivity contribution in [1.82, 2.24) is 9.88 Å². The van der Waals surface area contributed by atoms with E-state index in [1.807, 2.05) is 19.9 Å². The number of pyridine rings is 1. The third-order valence-corrected chi connectivity index (χ3v) is 5.55. The first-order valence-corrected chi connectivity index (χ1v) is 9.90. The molecule has 5 nitrogen and oxygen atoms in total. The first kappa shape index (κ1) is 20.7. The molecule has 0 fully saturated rings. The lowest BCUT2D eigenvalue weighted by Crippen LogP contribution is -2.41. The van der Waals surface area contributed by atoms with Crippen LogP contribution in [0.3, 0.4) is 0 Å². The second-order valence-electron chi connectivity index (χ2n) is 7.87. The van der Waals surface area contributed by atoms with Gasteiger partial charge in [-0.25, -0.2) is 13.8 Å². The van der Waals surface area contributed by atoms with E-state index in [1.54, 1.807) is 43.6 Å². The van der Waals surface area contributed by atoms with Crippen LogP contribution in [0.5, 0.6) is 0 Å². The van der Waals surface area contributed by atoms with Gasteiger partial charge in [0.05, 0.1) is 0 Å². The van der Waals surface area contributed by atoms with E-state index < -0.39 is 17.2 Å². The van der Waals surface area contributed by atoms with Crippen molar-refractivity contribution in [2.45, 2.75) is 25.3 Å². The molecule has 0 saturated carbocycles. The topological polar surface area (TPSA) is 71.6 Å². The minimum Gasteiger partial charge on any atom is -0.369 e. The molecule has 0 radical (unpaired) electrons. The van der Waals surface area contributed by atoms with Gasteiger partial charge in [-0.2, -0.15) is 0 Å². The quantitative estimate of drug-likeness (QED) is 0.688. The van der Waals surface area contributed by atoms with E-state index in [-0.39, 0.29) is 23.3 Å². The Hall–Kier alpha value is -3.61. The largest absolute Gasteiger partial charge is 0.369 e. The molecule has 0 bridgehead atoms. The summed E-state index contributed by atoms with van der Waals surface area (Å²) in [6.07, 6.45) is 1.64. The molecule has 1 unspecified atom stereocenters. The Kier molecular flexibility index (Phi) is 5.05. The maximum absolute atomic E-state index is 14.4. The van der Waals surface area contributed by atoms with Gasteiger partial charge in [0, 0.05) is 24.5 Å². The summed E-state index contributed by atoms with van der Waals surface area (Å²) in [6, 6.07) is 13.6. The fraction of sp³-hybridized carbons (Fsp3) is 0.208. The van der Waals surface area contributed by atoms with Gasteiger partial charge >= 0.3 is 0 Å². The fourth-order valence-corrected chi connectivity index (χ4v) is 3.80. The maximum Gasteiger partial charge on any atom is 0.266 e. The minimum atomic E-state index is -1.44. The fourth-order valence-electron chi connectivity index (χ4n) is 3.80. The number of nitrogens with zero attached hydrogens (tertiary/aromatic N) is 3. The lowest BCUT2D eigenvalue weighted by atomic mass is 9.81. The van der Waals surface area contributed by atoms with E-state index >= 15 is 0 Å². The smallest absolute Gasteiger partial charge is 0.266 e. The number of aliphatic imine (C=N–C) groups is 1. The van der Waals surface area contributed by atoms with Crippen molar-refractivity contribution in [2.75, 3.05) is 7.05 Å². The molecule has 158 valence electrons. The molecule has 1 amide bonds. The van der Waals surface area contributed by atoms with Gasteiger partial charge < -0.3 is 5.73 Å². The summed E-state index contributed by atoms with van der Waals surface area (Å²) in [7, 11) is 1.56. The average Bonchev–Trinajstić information content (AvgIpc) is 3.00. The highest BCUT2D eigenvalue weighted by Gasteiger charge is 2.49. The maximum atomic E-state index is 14.4. The molecule has 4 rings (SSSR count). The van der Waals surface area contributed by atoms with Gasteiger partial charge in [-0.3, -0.25) is 14.7 Å². The summed E-state index contributed by atoms with van der Waals surface area (Å²) in [6.45, 7) is 4.01. The number of carbonyl (C=O) groups excluding carboxylic acids is 1. The first-order chi connectivity index (χ1) is 14.7. The van der Waals surface area contributed by atoms with E-state index in [0.717, 1.165) is 23.9 Å². The van der Waals surface area contributed by atoms with Gasteiger partial charge in [0.1, 0.15) is 11.6 Å². The molecule has 0 aliphatic carbocycles. The number of benzene rings is 2. The molecule has 0 saturated heterocycles. The predicted octanol–water partition coefficient (Wildman–Crippen LogP) is 4.18. The molecule has 1 atom stereocenters. The Morgan fingerprint density at radius 1 is 1.03 bits per heavy atom. The van der Waals surface area contributed by atoms with Gasteiger partial charge in [0.2, 0.25) is 0 Å². The van der Waals surface area contributed by atoms with E-state index in [4.69, 9.17) is 5.73 Å². The van der Waals surface area contributed by atoms with Crippen LogP contribution in [0.15, 0.2) is 65.8 Å². The number of guanidine groups is 1. The second kappa shape index (κ2) is 7.58. The zero-order valence-corrected chi connectivity index (χ0v) is 17.4. The molecule has 31 heavy (non-hydrogen) atoms. The van der Waals surface area contributed by atoms with Crippen LogP contribution in [-0.4, -0.2) is 28.8 Å². The summed E-state index contributed by atoms with van der Waals surface area (Å²) in [5.41, 5.74) is 7.06. The molecule has 1 aromatic heterocycles. The number of hydrogen-bond donors (Lipinski definition) is 1. The van der Waals surface area contributed by atoms with E-state index in [1.165, 1.54) is 4.90 Å². The molecule has 3 aromatic rings. The van der Waals surface area contributed by atoms with Gasteiger partial charge in [0.25, 0.3) is 5.91 Å². The van der Waals surface area contributed by atoms with Crippen LogP contribution in [0.4, 0.5) is 8.78 Å². The Morgan fingerprint density at radius 3 is 2.45 bits per heavy atom. The van der Waals surface area contributed by atoms with E-state index in [0.29, 0.717) is 16.7 Å². The number of halogens is 2. The number of likely N-dealkylation sites (N-methyl/N-ethyl adjacent to an activating group) is 1. The first-order valence-electron chi connectivity index (χ1n) is 9.90. The summed E-state index contributed by atoms with van der Waals surface area (Å²) >= 11 is 0. The molecular weight excluding hydrogens is 398 g/mol. The summed E-state index contributed by atoms with van der Waals surface area (Å²) in [4.78, 5) is 23.7. The van der Waals surface area contributed by atoms with Crippen molar-refractivity contribution in [3.8, 4) is 11.1 Å². The third-order valence-electron chi connectivity index (χ3n) is 5.55. The lowest BCUT2D eigenvalue weighted by Gasteiger charge is -2.27. The number of carbonyl (C=O) groups is 1. The Balaban J connectivity index is 1.96. The van der Waals surface area contributed by atoms with Crippen molar-refractivity contribution in [3.63, 3.8) is 0 Å². The predicted molar refractivity (Wildman–Crippen MR) is 115 cm³/mol. The highest BCUT2D eigenvalue weighted by atomic mass is 19.1. The van der Waals surface area contributed by atoms with Crippen LogP contribution in [0, 0.1) is 11.6 Å². The molecule has 2 aromatic carbocycles. The number of amides is 1. The molecule has 1 aliphatic heterocycles. The monoisotopic (exact) mass is 420 g/mol. The molecule has 2 heterocycles. The number of hydrogen-bond acceptors (Lipinski definition) is 4. The van der Waals surface area contributed by atoms with Crippen molar-refractivity contribution >= 4 is 11.9 Å². The molecular formula is C24H22F2N4O. The van der Waals surface area contributed by atoms with Crippen molar-refractivity contribution < 1.29 is 13.6 Å². The Bertz CT molecular complexity index is 1210. The van der Waals surface area contributed by atoms with E-state index in [9.17, 15) is 13.6 Å². The molecule has 7 heteroatoms. The summed E-state index contributed by atoms with van der Waals surface area (Å²) < 4.78 is 28.2. The van der Waals surface area contributed by atoms with Gasteiger partial charge in [0.15, 0.2) is 11.5 Å². The van der Waals surface area contributed by atoms with Crippen molar-refractivity contribution in [3.05, 3.63) is 89.2 Å². The normalized spacial score (nSPS) is 18.6. The van der Waals surface area contributed by atoms with Crippen LogP contribution in [-0.2, 0) is 10.3 Å². The standard InChI is InChI=1S/C24H22F2N4O/c1-14(2)21-12-17(9-10-28-21)24(22(31)30(3)23(27)29-24)16-6-4-5-15(11-16)19-13-18(25)7-8-20(19)26/h4-14H,1-3H3,(H2,27,29). The van der Waals surface area contributed by atoms with Crippen LogP contribution in [0.2, 0.25) is 0 Å². The molecule has 1 aliphatic rings. The zero-order chi connectivity index (χ0) is 22.3. The number of rotatable bonds is 4. The zero-order valence-electron chi connectivity index (χ0n) is 17.4. The Labute approximate surface area is 179 Å². The van der Waals surface area contributed by atoms with Crippen LogP contribution in [0.1, 0.15) is 36.6 Å². The van der Waals surface area contributed by atoms with Gasteiger partial charge in [-0.1, -0.05) is 32.0 Å². The van der Waals surface area contributed by atoms with E-state index in [2.05, 4.69) is 9.98 Å². The summed E-state index contributed by atoms with van der Waals surface area (Å²) in [5, 5.41) is 0. The highest BCUT2D eigenvalue weighted by Crippen LogP contribution is 2.41. The minimum absolute atomic E-state index is 0.0789. The lowest BCUT2D eigenvalue weighted by molar-refractivity contribution is -0.129. The molecule has 0 spiro atoms. The van der Waals surface area contributed by atoms with Crippen LogP contribution < -0.4 is 5.73 Å². The van der Waals surface area contributed by atoms with Crippen molar-refractivity contribution in [1.29, 1.82) is 0 Å². The SMILES string of the molecule is CC(C)c1cc(C2(c3cccc(-c4cc(F)ccc4F)c3)N=C(N)N(C)C2=O)ccn1. The number of nitrogens with two attached hydrogens (primary N) is 1. The van der Waals surface area contributed by atoms with Crippen LogP contribution in [0.25, 0.3) is 11.1 Å².